The molecule has 2 aromatic carbocycles. The van der Waals surface area contributed by atoms with Crippen molar-refractivity contribution in [2.24, 2.45) is 0 Å². The van der Waals surface area contributed by atoms with E-state index in [1.165, 1.54) is 19.2 Å². The molecule has 8 heteroatoms. The molecule has 1 saturated heterocycles. The second-order valence-corrected chi connectivity index (χ2v) is 8.65. The number of para-hydroxylation sites is 1. The smallest absolute Gasteiger partial charge is 0.338 e. The summed E-state index contributed by atoms with van der Waals surface area (Å²) in [6.07, 6.45) is 2.98. The Kier molecular flexibility index (Phi) is 6.22. The molecule has 0 aromatic heterocycles. The molecule has 1 heterocycles. The molecule has 0 saturated carbocycles. The number of nitrogens with zero attached hydrogens (tertiary/aromatic N) is 1. The van der Waals surface area contributed by atoms with Crippen LogP contribution in [0.15, 0.2) is 47.4 Å². The second-order valence-electron chi connectivity index (χ2n) is 6.97. The minimum Gasteiger partial charge on any atom is -0.465 e. The molecule has 1 aliphatic heterocycles. The summed E-state index contributed by atoms with van der Waals surface area (Å²) < 4.78 is 33.1. The molecule has 2 aromatic rings. The average Bonchev–Trinajstić information content (AvgIpc) is 2.73. The van der Waals surface area contributed by atoms with Crippen LogP contribution in [-0.2, 0) is 14.8 Å². The van der Waals surface area contributed by atoms with Crippen LogP contribution < -0.4 is 4.72 Å². The highest BCUT2D eigenvalue weighted by Gasteiger charge is 2.24. The summed E-state index contributed by atoms with van der Waals surface area (Å²) in [5.41, 5.74) is 1.30. The van der Waals surface area contributed by atoms with E-state index in [0.29, 0.717) is 24.2 Å². The third kappa shape index (κ3) is 4.59. The number of carbonyl (C=O) groups excluding carboxylic acids is 2. The number of piperidine rings is 1. The Hall–Kier alpha value is -2.87. The first-order valence-corrected chi connectivity index (χ1v) is 10.9. The zero-order valence-electron chi connectivity index (χ0n) is 16.5. The van der Waals surface area contributed by atoms with E-state index in [2.05, 4.69) is 4.72 Å². The number of aryl methyl sites for hydroxylation is 1. The maximum Gasteiger partial charge on any atom is 0.338 e. The molecule has 1 N–H and O–H groups in total. The van der Waals surface area contributed by atoms with Crippen LogP contribution >= 0.6 is 0 Å². The zero-order chi connectivity index (χ0) is 21.0. The van der Waals surface area contributed by atoms with Gasteiger partial charge in [0.2, 0.25) is 0 Å². The third-order valence-electron chi connectivity index (χ3n) is 4.97. The van der Waals surface area contributed by atoms with E-state index in [1.807, 2.05) is 0 Å². The molecule has 1 amide bonds. The van der Waals surface area contributed by atoms with Crippen LogP contribution in [0.3, 0.4) is 0 Å². The normalized spacial score (nSPS) is 14.3. The van der Waals surface area contributed by atoms with Crippen molar-refractivity contribution in [2.75, 3.05) is 24.9 Å². The fourth-order valence-corrected chi connectivity index (χ4v) is 4.43. The minimum atomic E-state index is -4.01. The Morgan fingerprint density at radius 1 is 1.00 bits per heavy atom. The molecule has 3 rings (SSSR count). The minimum absolute atomic E-state index is 0.0799. The van der Waals surface area contributed by atoms with E-state index >= 15 is 0 Å². The summed E-state index contributed by atoms with van der Waals surface area (Å²) >= 11 is 0. The summed E-state index contributed by atoms with van der Waals surface area (Å²) in [5, 5.41) is 0. The highest BCUT2D eigenvalue weighted by molar-refractivity contribution is 7.92. The molecule has 0 radical (unpaired) electrons. The summed E-state index contributed by atoms with van der Waals surface area (Å²) in [6.45, 7) is 3.03. The van der Waals surface area contributed by atoms with Gasteiger partial charge in [-0.2, -0.15) is 0 Å². The number of hydrogen-bond donors (Lipinski definition) is 1. The number of nitrogens with one attached hydrogen (secondary N) is 1. The summed E-state index contributed by atoms with van der Waals surface area (Å²) in [5.74, 6) is -0.803. The molecule has 1 aliphatic rings. The Labute approximate surface area is 170 Å². The number of hydrogen-bond acceptors (Lipinski definition) is 5. The zero-order valence-corrected chi connectivity index (χ0v) is 17.3. The maximum atomic E-state index is 12.9. The number of likely N-dealkylation sites (tertiary alicyclic amines) is 1. The fraction of sp³-hybridized carbons (Fsp3) is 0.333. The largest absolute Gasteiger partial charge is 0.465 e. The number of rotatable bonds is 5. The molecule has 1 fully saturated rings. The molecule has 7 nitrogen and oxygen atoms in total. The van der Waals surface area contributed by atoms with E-state index < -0.39 is 16.0 Å². The van der Waals surface area contributed by atoms with Gasteiger partial charge in [0, 0.05) is 13.1 Å². The molecule has 0 spiro atoms. The first-order valence-electron chi connectivity index (χ1n) is 9.43. The first kappa shape index (κ1) is 20.9. The molecule has 29 heavy (non-hydrogen) atoms. The monoisotopic (exact) mass is 416 g/mol. The number of ether oxygens (including phenoxy) is 1. The van der Waals surface area contributed by atoms with Crippen LogP contribution in [-0.4, -0.2) is 45.4 Å². The van der Waals surface area contributed by atoms with Gasteiger partial charge in [-0.05, 0) is 56.0 Å². The van der Waals surface area contributed by atoms with Crippen LogP contribution in [0.4, 0.5) is 5.69 Å². The SMILES string of the molecule is COC(=O)c1cc(S(=O)(=O)Nc2ccccc2C(=O)N2CCCCC2)ccc1C. The second kappa shape index (κ2) is 8.65. The number of amides is 1. The molecular formula is C21H24N2O5S. The lowest BCUT2D eigenvalue weighted by molar-refractivity contribution is 0.0599. The van der Waals surface area contributed by atoms with Crippen LogP contribution in [0.2, 0.25) is 0 Å². The summed E-state index contributed by atoms with van der Waals surface area (Å²) in [7, 11) is -2.77. The number of anilines is 1. The number of esters is 1. The van der Waals surface area contributed by atoms with E-state index in [1.54, 1.807) is 42.2 Å². The third-order valence-corrected chi connectivity index (χ3v) is 6.33. The lowest BCUT2D eigenvalue weighted by atomic mass is 10.1. The van der Waals surface area contributed by atoms with Gasteiger partial charge >= 0.3 is 5.97 Å². The van der Waals surface area contributed by atoms with Crippen LogP contribution in [0.5, 0.6) is 0 Å². The topological polar surface area (TPSA) is 92.8 Å². The number of sulfonamides is 1. The first-order chi connectivity index (χ1) is 13.8. The van der Waals surface area contributed by atoms with Gasteiger partial charge < -0.3 is 9.64 Å². The number of benzene rings is 2. The standard InChI is InChI=1S/C21H24N2O5S/c1-15-10-11-16(14-18(15)21(25)28-2)29(26,27)22-19-9-5-4-8-17(19)20(24)23-12-6-3-7-13-23/h4-5,8-11,14,22H,3,6-7,12-13H2,1-2H3. The van der Waals surface area contributed by atoms with Crippen LogP contribution in [0.1, 0.15) is 45.5 Å². The number of carbonyl (C=O) groups is 2. The van der Waals surface area contributed by atoms with Gasteiger partial charge in [0.25, 0.3) is 15.9 Å². The Morgan fingerprint density at radius 3 is 2.38 bits per heavy atom. The van der Waals surface area contributed by atoms with E-state index in [9.17, 15) is 18.0 Å². The molecule has 0 atom stereocenters. The van der Waals surface area contributed by atoms with Crippen molar-refractivity contribution in [3.05, 3.63) is 59.2 Å². The van der Waals surface area contributed by atoms with Crippen LogP contribution in [0.25, 0.3) is 0 Å². The fourth-order valence-electron chi connectivity index (χ4n) is 3.33. The molecule has 154 valence electrons. The maximum absolute atomic E-state index is 12.9. The highest BCUT2D eigenvalue weighted by Crippen LogP contribution is 2.24. The summed E-state index contributed by atoms with van der Waals surface area (Å²) in [4.78, 5) is 26.5. The van der Waals surface area contributed by atoms with Crippen molar-refractivity contribution in [2.45, 2.75) is 31.1 Å². The highest BCUT2D eigenvalue weighted by atomic mass is 32.2. The van der Waals surface area contributed by atoms with Crippen molar-refractivity contribution in [1.82, 2.24) is 4.90 Å². The number of methoxy groups -OCH3 is 1. The molecule has 0 bridgehead atoms. The van der Waals surface area contributed by atoms with E-state index in [0.717, 1.165) is 19.3 Å². The van der Waals surface area contributed by atoms with Gasteiger partial charge in [0.05, 0.1) is 28.8 Å². The van der Waals surface area contributed by atoms with Gasteiger partial charge in [-0.25, -0.2) is 13.2 Å². The average molecular weight is 416 g/mol. The van der Waals surface area contributed by atoms with E-state index in [4.69, 9.17) is 4.74 Å². The van der Waals surface area contributed by atoms with Crippen molar-refractivity contribution in [3.8, 4) is 0 Å². The lowest BCUT2D eigenvalue weighted by Gasteiger charge is -2.27. The Balaban J connectivity index is 1.92. The lowest BCUT2D eigenvalue weighted by Crippen LogP contribution is -2.36. The van der Waals surface area contributed by atoms with Crippen molar-refractivity contribution in [1.29, 1.82) is 0 Å². The predicted molar refractivity (Wildman–Crippen MR) is 110 cm³/mol. The van der Waals surface area contributed by atoms with Crippen molar-refractivity contribution < 1.29 is 22.7 Å². The van der Waals surface area contributed by atoms with Gasteiger partial charge in [0.15, 0.2) is 0 Å². The van der Waals surface area contributed by atoms with Gasteiger partial charge in [-0.3, -0.25) is 9.52 Å². The van der Waals surface area contributed by atoms with Gasteiger partial charge in [-0.1, -0.05) is 18.2 Å². The molecule has 0 unspecified atom stereocenters. The van der Waals surface area contributed by atoms with Gasteiger partial charge in [-0.15, -0.1) is 0 Å². The predicted octanol–water partition coefficient (Wildman–Crippen LogP) is 3.21. The van der Waals surface area contributed by atoms with Crippen molar-refractivity contribution in [3.63, 3.8) is 0 Å². The van der Waals surface area contributed by atoms with Gasteiger partial charge in [0.1, 0.15) is 0 Å². The molecular weight excluding hydrogens is 392 g/mol. The summed E-state index contributed by atoms with van der Waals surface area (Å²) in [6, 6.07) is 10.8. The molecule has 0 aliphatic carbocycles. The van der Waals surface area contributed by atoms with Crippen molar-refractivity contribution >= 4 is 27.6 Å². The van der Waals surface area contributed by atoms with Crippen LogP contribution in [0, 0.1) is 6.92 Å². The Bertz CT molecular complexity index is 1030. The Morgan fingerprint density at radius 2 is 1.69 bits per heavy atom. The quantitative estimate of drug-likeness (QED) is 0.756. The van der Waals surface area contributed by atoms with E-state index in [-0.39, 0.29) is 22.1 Å².